The number of fused-ring (bicyclic) bond motifs is 3. The molecule has 2 atom stereocenters. The first kappa shape index (κ1) is 11.2. The molecule has 17 heavy (non-hydrogen) atoms. The van der Waals surface area contributed by atoms with E-state index in [0.717, 1.165) is 10.9 Å². The van der Waals surface area contributed by atoms with E-state index in [-0.39, 0.29) is 6.04 Å². The third-order valence-corrected chi connectivity index (χ3v) is 4.53. The summed E-state index contributed by atoms with van der Waals surface area (Å²) in [7, 11) is 0. The van der Waals surface area contributed by atoms with Crippen LogP contribution in [0.15, 0.2) is 34.8 Å². The van der Waals surface area contributed by atoms with E-state index < -0.39 is 0 Å². The van der Waals surface area contributed by atoms with E-state index >= 15 is 0 Å². The first-order chi connectivity index (χ1) is 8.18. The second-order valence-corrected chi connectivity index (χ2v) is 5.85. The van der Waals surface area contributed by atoms with Crippen LogP contribution in [0, 0.1) is 0 Å². The highest BCUT2D eigenvalue weighted by Gasteiger charge is 2.24. The van der Waals surface area contributed by atoms with E-state index in [1.54, 1.807) is 0 Å². The fourth-order valence-corrected chi connectivity index (χ4v) is 3.55. The van der Waals surface area contributed by atoms with Gasteiger partial charge in [0.25, 0.3) is 0 Å². The van der Waals surface area contributed by atoms with Crippen LogP contribution in [0.5, 0.6) is 0 Å². The minimum atomic E-state index is 0.196. The lowest BCUT2D eigenvalue weighted by molar-refractivity contribution is 0.516. The quantitative estimate of drug-likeness (QED) is 0.759. The second-order valence-electron chi connectivity index (χ2n) is 4.99. The van der Waals surface area contributed by atoms with E-state index in [1.807, 2.05) is 0 Å². The normalized spacial score (nSPS) is 23.7. The van der Waals surface area contributed by atoms with Gasteiger partial charge in [-0.05, 0) is 46.7 Å². The fraction of sp³-hybridized carbons (Fsp3) is 0.333. The molecule has 2 heteroatoms. The Morgan fingerprint density at radius 1 is 1.18 bits per heavy atom. The summed E-state index contributed by atoms with van der Waals surface area (Å²) in [5.41, 5.74) is 9.04. The van der Waals surface area contributed by atoms with Gasteiger partial charge in [0.1, 0.15) is 0 Å². The minimum Gasteiger partial charge on any atom is -0.324 e. The topological polar surface area (TPSA) is 26.0 Å². The summed E-state index contributed by atoms with van der Waals surface area (Å²) in [5, 5.41) is 2.66. The van der Waals surface area contributed by atoms with Gasteiger partial charge in [-0.1, -0.05) is 47.1 Å². The van der Waals surface area contributed by atoms with Crippen LogP contribution in [-0.4, -0.2) is 0 Å². The standard InChI is InChI=1S/C15H16BrN/c1-9-6-7-14(17)12-8-13(16)10-4-2-3-5-11(10)15(9)12/h2-5,8-9,14H,6-7,17H2,1H3/t9?,14-/m0/s1. The Balaban J connectivity index is 2.41. The maximum Gasteiger partial charge on any atom is 0.0298 e. The predicted octanol–water partition coefficient (Wildman–Crippen LogP) is 4.50. The van der Waals surface area contributed by atoms with E-state index in [4.69, 9.17) is 5.73 Å². The molecular weight excluding hydrogens is 274 g/mol. The van der Waals surface area contributed by atoms with Crippen LogP contribution < -0.4 is 5.73 Å². The van der Waals surface area contributed by atoms with Crippen molar-refractivity contribution < 1.29 is 0 Å². The average molecular weight is 290 g/mol. The summed E-state index contributed by atoms with van der Waals surface area (Å²) < 4.78 is 1.16. The van der Waals surface area contributed by atoms with Crippen LogP contribution in [0.2, 0.25) is 0 Å². The lowest BCUT2D eigenvalue weighted by Crippen LogP contribution is -2.19. The molecule has 0 aromatic heterocycles. The Labute approximate surface area is 110 Å². The molecular formula is C15H16BrN. The Kier molecular flexibility index (Phi) is 2.72. The van der Waals surface area contributed by atoms with Gasteiger partial charge in [-0.3, -0.25) is 0 Å². The molecule has 0 heterocycles. The van der Waals surface area contributed by atoms with Crippen molar-refractivity contribution in [2.24, 2.45) is 5.73 Å². The van der Waals surface area contributed by atoms with Crippen molar-refractivity contribution in [1.29, 1.82) is 0 Å². The van der Waals surface area contributed by atoms with E-state index in [2.05, 4.69) is 53.2 Å². The summed E-state index contributed by atoms with van der Waals surface area (Å²) in [4.78, 5) is 0. The Hall–Kier alpha value is -0.860. The van der Waals surface area contributed by atoms with Crippen molar-refractivity contribution in [2.45, 2.75) is 31.7 Å². The summed E-state index contributed by atoms with van der Waals surface area (Å²) in [6, 6.07) is 11.0. The van der Waals surface area contributed by atoms with Crippen molar-refractivity contribution in [3.05, 3.63) is 45.9 Å². The van der Waals surface area contributed by atoms with Crippen LogP contribution in [0.1, 0.15) is 42.9 Å². The highest BCUT2D eigenvalue weighted by atomic mass is 79.9. The molecule has 1 nitrogen and oxygen atoms in total. The third kappa shape index (κ3) is 1.71. The first-order valence-electron chi connectivity index (χ1n) is 6.15. The van der Waals surface area contributed by atoms with Crippen LogP contribution in [0.3, 0.4) is 0 Å². The molecule has 0 radical (unpaired) electrons. The Morgan fingerprint density at radius 2 is 1.88 bits per heavy atom. The van der Waals surface area contributed by atoms with Crippen molar-refractivity contribution >= 4 is 26.7 Å². The predicted molar refractivity (Wildman–Crippen MR) is 76.2 cm³/mol. The molecule has 1 aliphatic rings. The van der Waals surface area contributed by atoms with Gasteiger partial charge in [0.05, 0.1) is 0 Å². The molecule has 0 aliphatic heterocycles. The maximum atomic E-state index is 6.25. The zero-order valence-corrected chi connectivity index (χ0v) is 11.5. The third-order valence-electron chi connectivity index (χ3n) is 3.87. The van der Waals surface area contributed by atoms with Gasteiger partial charge in [0, 0.05) is 10.5 Å². The van der Waals surface area contributed by atoms with Crippen molar-refractivity contribution in [2.75, 3.05) is 0 Å². The number of nitrogens with two attached hydrogens (primary N) is 1. The maximum absolute atomic E-state index is 6.25. The second kappa shape index (κ2) is 4.11. The SMILES string of the molecule is CC1CC[C@H](N)c2cc(Br)c3ccccc3c21. The molecule has 0 bridgehead atoms. The zero-order chi connectivity index (χ0) is 12.0. The molecule has 2 N–H and O–H groups in total. The van der Waals surface area contributed by atoms with E-state index in [9.17, 15) is 0 Å². The largest absolute Gasteiger partial charge is 0.324 e. The lowest BCUT2D eigenvalue weighted by Gasteiger charge is -2.29. The van der Waals surface area contributed by atoms with E-state index in [1.165, 1.54) is 28.3 Å². The van der Waals surface area contributed by atoms with Crippen molar-refractivity contribution in [1.82, 2.24) is 0 Å². The summed E-state index contributed by atoms with van der Waals surface area (Å²) in [6.45, 7) is 2.31. The molecule has 2 aromatic carbocycles. The number of halogens is 1. The van der Waals surface area contributed by atoms with Crippen LogP contribution in [0.25, 0.3) is 10.8 Å². The minimum absolute atomic E-state index is 0.196. The Bertz CT molecular complexity index is 576. The van der Waals surface area contributed by atoms with Crippen LogP contribution in [-0.2, 0) is 0 Å². The molecule has 0 fully saturated rings. The average Bonchev–Trinajstić information content (AvgIpc) is 2.34. The molecule has 3 rings (SSSR count). The lowest BCUT2D eigenvalue weighted by atomic mass is 9.79. The van der Waals surface area contributed by atoms with Crippen LogP contribution in [0.4, 0.5) is 0 Å². The molecule has 1 unspecified atom stereocenters. The number of benzene rings is 2. The number of hydrogen-bond acceptors (Lipinski definition) is 1. The number of rotatable bonds is 0. The smallest absolute Gasteiger partial charge is 0.0298 e. The fourth-order valence-electron chi connectivity index (χ4n) is 2.96. The molecule has 88 valence electrons. The molecule has 0 saturated heterocycles. The molecule has 0 spiro atoms. The number of hydrogen-bond donors (Lipinski definition) is 1. The van der Waals surface area contributed by atoms with Gasteiger partial charge in [-0.15, -0.1) is 0 Å². The van der Waals surface area contributed by atoms with E-state index in [0.29, 0.717) is 5.92 Å². The molecule has 1 aliphatic carbocycles. The van der Waals surface area contributed by atoms with Gasteiger partial charge < -0.3 is 5.73 Å². The van der Waals surface area contributed by atoms with Gasteiger partial charge >= 0.3 is 0 Å². The van der Waals surface area contributed by atoms with Crippen molar-refractivity contribution in [3.63, 3.8) is 0 Å². The van der Waals surface area contributed by atoms with Crippen LogP contribution >= 0.6 is 15.9 Å². The molecule has 0 saturated carbocycles. The summed E-state index contributed by atoms with van der Waals surface area (Å²) in [5.74, 6) is 0.614. The van der Waals surface area contributed by atoms with Gasteiger partial charge in [-0.2, -0.15) is 0 Å². The Morgan fingerprint density at radius 3 is 2.65 bits per heavy atom. The highest BCUT2D eigenvalue weighted by Crippen LogP contribution is 2.42. The monoisotopic (exact) mass is 289 g/mol. The van der Waals surface area contributed by atoms with Crippen molar-refractivity contribution in [3.8, 4) is 0 Å². The zero-order valence-electron chi connectivity index (χ0n) is 9.91. The highest BCUT2D eigenvalue weighted by molar-refractivity contribution is 9.10. The molecule has 0 amide bonds. The molecule has 2 aromatic rings. The first-order valence-corrected chi connectivity index (χ1v) is 6.94. The van der Waals surface area contributed by atoms with Gasteiger partial charge in [-0.25, -0.2) is 0 Å². The summed E-state index contributed by atoms with van der Waals surface area (Å²) >= 11 is 3.67. The van der Waals surface area contributed by atoms with Gasteiger partial charge in [0.15, 0.2) is 0 Å². The summed E-state index contributed by atoms with van der Waals surface area (Å²) in [6.07, 6.45) is 2.29. The van der Waals surface area contributed by atoms with Gasteiger partial charge in [0.2, 0.25) is 0 Å².